The Morgan fingerprint density at radius 1 is 1.10 bits per heavy atom. The molecule has 148 valence electrons. The fourth-order valence-electron chi connectivity index (χ4n) is 2.64. The molecule has 0 aliphatic rings. The van der Waals surface area contributed by atoms with Crippen LogP contribution in [0.15, 0.2) is 69.9 Å². The van der Waals surface area contributed by atoms with Crippen molar-refractivity contribution in [3.05, 3.63) is 86.7 Å². The number of carbonyl (C=O) groups excluding carboxylic acids is 2. The van der Waals surface area contributed by atoms with Crippen molar-refractivity contribution in [2.45, 2.75) is 13.3 Å². The van der Waals surface area contributed by atoms with Crippen LogP contribution in [-0.4, -0.2) is 28.3 Å². The Balaban J connectivity index is 1.93. The van der Waals surface area contributed by atoms with Gasteiger partial charge in [-0.1, -0.05) is 46.3 Å². The molecule has 1 aromatic heterocycles. The Morgan fingerprint density at radius 3 is 2.45 bits per heavy atom. The van der Waals surface area contributed by atoms with Crippen LogP contribution in [0.1, 0.15) is 23.0 Å². The van der Waals surface area contributed by atoms with Crippen molar-refractivity contribution in [3.8, 4) is 5.69 Å². The topological polar surface area (TPSA) is 90.3 Å². The van der Waals surface area contributed by atoms with E-state index in [9.17, 15) is 14.4 Å². The average molecular weight is 456 g/mol. The number of carbonyl (C=O) groups is 2. The van der Waals surface area contributed by atoms with Crippen LogP contribution in [0.3, 0.4) is 0 Å². The van der Waals surface area contributed by atoms with Gasteiger partial charge in [0.05, 0.1) is 24.4 Å². The molecule has 1 N–H and O–H groups in total. The molecule has 0 saturated heterocycles. The fraction of sp³-hybridized carbons (Fsp3) is 0.143. The fourth-order valence-corrected chi connectivity index (χ4v) is 2.90. The molecule has 7 nitrogen and oxygen atoms in total. The van der Waals surface area contributed by atoms with Gasteiger partial charge in [-0.15, -0.1) is 0 Å². The summed E-state index contributed by atoms with van der Waals surface area (Å²) < 4.78 is 7.04. The third-order valence-electron chi connectivity index (χ3n) is 3.95. The van der Waals surface area contributed by atoms with E-state index in [-0.39, 0.29) is 30.3 Å². The Hall–Kier alpha value is -3.26. The van der Waals surface area contributed by atoms with Crippen molar-refractivity contribution >= 4 is 33.5 Å². The molecule has 1 amide bonds. The van der Waals surface area contributed by atoms with E-state index in [1.54, 1.807) is 37.3 Å². The average Bonchev–Trinajstić information content (AvgIpc) is 2.70. The molecule has 0 bridgehead atoms. The lowest BCUT2D eigenvalue weighted by Crippen LogP contribution is -2.27. The molecule has 0 atom stereocenters. The lowest BCUT2D eigenvalue weighted by atomic mass is 10.1. The van der Waals surface area contributed by atoms with E-state index in [4.69, 9.17) is 4.74 Å². The number of benzene rings is 2. The molecule has 0 fully saturated rings. The van der Waals surface area contributed by atoms with Gasteiger partial charge in [-0.3, -0.25) is 9.59 Å². The van der Waals surface area contributed by atoms with Crippen LogP contribution in [0.2, 0.25) is 0 Å². The highest BCUT2D eigenvalue weighted by molar-refractivity contribution is 9.10. The summed E-state index contributed by atoms with van der Waals surface area (Å²) in [6.45, 7) is 1.80. The third-order valence-corrected chi connectivity index (χ3v) is 4.48. The normalized spacial score (nSPS) is 10.4. The van der Waals surface area contributed by atoms with Crippen molar-refractivity contribution < 1.29 is 14.3 Å². The van der Waals surface area contributed by atoms with Crippen LogP contribution in [0.5, 0.6) is 0 Å². The first-order chi connectivity index (χ1) is 14.0. The Bertz CT molecular complexity index is 1080. The zero-order valence-electron chi connectivity index (χ0n) is 15.6. The summed E-state index contributed by atoms with van der Waals surface area (Å²) in [6.07, 6.45) is 0.0807. The van der Waals surface area contributed by atoms with Crippen molar-refractivity contribution in [1.29, 1.82) is 0 Å². The van der Waals surface area contributed by atoms with E-state index in [1.165, 1.54) is 6.07 Å². The van der Waals surface area contributed by atoms with Crippen LogP contribution in [-0.2, 0) is 16.0 Å². The first-order valence-electron chi connectivity index (χ1n) is 8.89. The summed E-state index contributed by atoms with van der Waals surface area (Å²) in [4.78, 5) is 37.4. The SMILES string of the molecule is CCOC(=O)c1nn(-c2ccccc2)c(=O)cc1NC(=O)Cc1ccc(Br)cc1. The standard InChI is InChI=1S/C21H18BrN3O4/c1-2-29-21(28)20-17(23-18(26)12-14-8-10-15(22)11-9-14)13-19(27)25(24-20)16-6-4-3-5-7-16/h3-11,13H,2,12H2,1H3,(H,23,26). The number of nitrogens with one attached hydrogen (secondary N) is 1. The van der Waals surface area contributed by atoms with E-state index < -0.39 is 11.5 Å². The second-order valence-electron chi connectivity index (χ2n) is 6.06. The summed E-state index contributed by atoms with van der Waals surface area (Å²) in [6, 6.07) is 17.1. The number of aromatic nitrogens is 2. The number of nitrogens with zero attached hydrogens (tertiary/aromatic N) is 2. The van der Waals surface area contributed by atoms with Gasteiger partial charge in [0.15, 0.2) is 5.69 Å². The van der Waals surface area contributed by atoms with Crippen LogP contribution in [0.25, 0.3) is 5.69 Å². The molecule has 8 heteroatoms. The Labute approximate surface area is 175 Å². The van der Waals surface area contributed by atoms with E-state index in [1.807, 2.05) is 24.3 Å². The second-order valence-corrected chi connectivity index (χ2v) is 6.98. The molecule has 0 spiro atoms. The maximum absolute atomic E-state index is 12.5. The van der Waals surface area contributed by atoms with E-state index in [0.29, 0.717) is 5.69 Å². The predicted molar refractivity (Wildman–Crippen MR) is 112 cm³/mol. The molecule has 29 heavy (non-hydrogen) atoms. The van der Waals surface area contributed by atoms with E-state index >= 15 is 0 Å². The molecule has 0 saturated carbocycles. The first-order valence-corrected chi connectivity index (χ1v) is 9.68. The largest absolute Gasteiger partial charge is 0.461 e. The maximum Gasteiger partial charge on any atom is 0.360 e. The van der Waals surface area contributed by atoms with Crippen molar-refractivity contribution in [2.75, 3.05) is 11.9 Å². The summed E-state index contributed by atoms with van der Waals surface area (Å²) in [7, 11) is 0. The number of esters is 1. The number of anilines is 1. The highest BCUT2D eigenvalue weighted by atomic mass is 79.9. The van der Waals surface area contributed by atoms with Gasteiger partial charge in [0.2, 0.25) is 5.91 Å². The monoisotopic (exact) mass is 455 g/mol. The molecular weight excluding hydrogens is 438 g/mol. The van der Waals surface area contributed by atoms with Crippen LogP contribution in [0.4, 0.5) is 5.69 Å². The molecule has 0 aliphatic carbocycles. The lowest BCUT2D eigenvalue weighted by molar-refractivity contribution is -0.115. The van der Waals surface area contributed by atoms with Gasteiger partial charge in [0, 0.05) is 10.5 Å². The second kappa shape index (κ2) is 9.29. The Kier molecular flexibility index (Phi) is 6.56. The first kappa shape index (κ1) is 20.5. The molecule has 1 heterocycles. The number of ether oxygens (including phenoxy) is 1. The minimum atomic E-state index is -0.726. The molecule has 0 aliphatic heterocycles. The van der Waals surface area contributed by atoms with Crippen LogP contribution >= 0.6 is 15.9 Å². The zero-order chi connectivity index (χ0) is 20.8. The number of hydrogen-bond donors (Lipinski definition) is 1. The zero-order valence-corrected chi connectivity index (χ0v) is 17.2. The molecule has 2 aromatic carbocycles. The van der Waals surface area contributed by atoms with Crippen molar-refractivity contribution in [2.24, 2.45) is 0 Å². The summed E-state index contributed by atoms with van der Waals surface area (Å²) >= 11 is 3.34. The summed E-state index contributed by atoms with van der Waals surface area (Å²) in [5, 5.41) is 6.75. The highest BCUT2D eigenvalue weighted by Crippen LogP contribution is 2.15. The van der Waals surface area contributed by atoms with Crippen LogP contribution in [0, 0.1) is 0 Å². The number of halogens is 1. The van der Waals surface area contributed by atoms with Gasteiger partial charge < -0.3 is 10.1 Å². The van der Waals surface area contributed by atoms with Crippen LogP contribution < -0.4 is 10.9 Å². The molecule has 3 aromatic rings. The summed E-state index contributed by atoms with van der Waals surface area (Å²) in [5.41, 5.74) is 0.676. The molecule has 0 unspecified atom stereocenters. The molecule has 0 radical (unpaired) electrons. The van der Waals surface area contributed by atoms with Gasteiger partial charge in [-0.05, 0) is 36.8 Å². The smallest absolute Gasteiger partial charge is 0.360 e. The minimum Gasteiger partial charge on any atom is -0.461 e. The minimum absolute atomic E-state index is 0.0164. The van der Waals surface area contributed by atoms with Crippen molar-refractivity contribution in [1.82, 2.24) is 9.78 Å². The third kappa shape index (κ3) is 5.17. The Morgan fingerprint density at radius 2 is 1.79 bits per heavy atom. The van der Waals surface area contributed by atoms with E-state index in [0.717, 1.165) is 14.7 Å². The van der Waals surface area contributed by atoms with Gasteiger partial charge in [-0.25, -0.2) is 4.79 Å². The quantitative estimate of drug-likeness (QED) is 0.575. The molecular formula is C21H18BrN3O4. The van der Waals surface area contributed by atoms with Gasteiger partial charge in [0.25, 0.3) is 5.56 Å². The van der Waals surface area contributed by atoms with Gasteiger partial charge in [0.1, 0.15) is 0 Å². The van der Waals surface area contributed by atoms with Gasteiger partial charge in [-0.2, -0.15) is 9.78 Å². The number of hydrogen-bond acceptors (Lipinski definition) is 5. The molecule has 3 rings (SSSR count). The highest BCUT2D eigenvalue weighted by Gasteiger charge is 2.20. The van der Waals surface area contributed by atoms with Crippen molar-refractivity contribution in [3.63, 3.8) is 0 Å². The number of para-hydroxylation sites is 1. The lowest BCUT2D eigenvalue weighted by Gasteiger charge is -2.12. The number of rotatable bonds is 6. The number of amides is 1. The van der Waals surface area contributed by atoms with Gasteiger partial charge >= 0.3 is 5.97 Å². The summed E-state index contributed by atoms with van der Waals surface area (Å²) in [5.74, 6) is -1.10. The maximum atomic E-state index is 12.5. The predicted octanol–water partition coefficient (Wildman–Crippen LogP) is 3.35. The van der Waals surface area contributed by atoms with E-state index in [2.05, 4.69) is 26.3 Å².